The van der Waals surface area contributed by atoms with Crippen LogP contribution in [0.2, 0.25) is 0 Å². The monoisotopic (exact) mass is 348 g/mol. The molecule has 5 nitrogen and oxygen atoms in total. The molecule has 0 aliphatic heterocycles. The molecule has 0 bridgehead atoms. The van der Waals surface area contributed by atoms with Gasteiger partial charge in [-0.3, -0.25) is 4.52 Å². The number of nitrogens with zero attached hydrogens (tertiary/aromatic N) is 2. The summed E-state index contributed by atoms with van der Waals surface area (Å²) in [5, 5.41) is 5.30. The van der Waals surface area contributed by atoms with Crippen LogP contribution in [0, 0.1) is 0 Å². The lowest BCUT2D eigenvalue weighted by atomic mass is 10.2. The van der Waals surface area contributed by atoms with Crippen LogP contribution in [0.1, 0.15) is 10.6 Å². The Morgan fingerprint density at radius 1 is 1.00 bits per heavy atom. The molecule has 1 N–H and O–H groups in total. The first-order valence-corrected chi connectivity index (χ1v) is 8.57. The maximum Gasteiger partial charge on any atom is 0.437 e. The van der Waals surface area contributed by atoms with E-state index in [0.29, 0.717) is 11.4 Å². The highest BCUT2D eigenvalue weighted by molar-refractivity contribution is 7.10. The molecule has 25 heavy (non-hydrogen) atoms. The summed E-state index contributed by atoms with van der Waals surface area (Å²) in [6.07, 6.45) is 3.93. The molecule has 2 aromatic heterocycles. The number of hydrogen-bond donors (Lipinski definition) is 1. The van der Waals surface area contributed by atoms with Gasteiger partial charge in [0.1, 0.15) is 5.01 Å². The number of thiazole rings is 1. The van der Waals surface area contributed by atoms with Gasteiger partial charge in [-0.1, -0.05) is 54.6 Å². The number of hydrogen-bond acceptors (Lipinski definition) is 4. The summed E-state index contributed by atoms with van der Waals surface area (Å²) in [5.41, 5.74) is 2.41. The summed E-state index contributed by atoms with van der Waals surface area (Å²) < 4.78 is 6.57. The molecule has 0 spiro atoms. The highest BCUT2D eigenvalue weighted by atomic mass is 32.1. The molecule has 0 amide bonds. The van der Waals surface area contributed by atoms with Crippen molar-refractivity contribution in [3.8, 4) is 17.1 Å². The molecule has 122 valence electrons. The fraction of sp³-hybridized carbons (Fsp3) is 0. The van der Waals surface area contributed by atoms with E-state index in [1.54, 1.807) is 4.68 Å². The average Bonchev–Trinajstić information content (AvgIpc) is 3.28. The Kier molecular flexibility index (Phi) is 4.10. The highest BCUT2D eigenvalue weighted by Crippen LogP contribution is 2.19. The fourth-order valence-electron chi connectivity index (χ4n) is 2.45. The standard InChI is InChI=1S/C19H13N3O2S/c23-19-18(22(21-24-19)15-9-5-2-6-10-15)16-13-25-17(20-16)12-11-14-7-3-1-4-8-14/h1-13H/p+1/b12-11+. The molecule has 2 heterocycles. The van der Waals surface area contributed by atoms with Gasteiger partial charge in [0.05, 0.1) is 0 Å². The van der Waals surface area contributed by atoms with Crippen molar-refractivity contribution in [3.63, 3.8) is 0 Å². The molecule has 0 atom stereocenters. The number of aromatic amines is 1. The minimum atomic E-state index is -0.451. The van der Waals surface area contributed by atoms with Gasteiger partial charge in [0, 0.05) is 17.5 Å². The third kappa shape index (κ3) is 3.20. The number of benzene rings is 2. The molecule has 0 saturated heterocycles. The molecule has 2 aromatic carbocycles. The number of H-pyrrole nitrogens is 1. The first kappa shape index (κ1) is 15.3. The SMILES string of the molecule is O=c1o[nH][n+](-c2ccccc2)c1-c1csc(/C=C/c2ccccc2)n1. The third-order valence-corrected chi connectivity index (χ3v) is 4.45. The van der Waals surface area contributed by atoms with E-state index in [4.69, 9.17) is 4.52 Å². The first-order chi connectivity index (χ1) is 12.3. The summed E-state index contributed by atoms with van der Waals surface area (Å²) in [6.45, 7) is 0. The molecule has 4 aromatic rings. The van der Waals surface area contributed by atoms with Crippen LogP contribution in [0.3, 0.4) is 0 Å². The van der Waals surface area contributed by atoms with Crippen LogP contribution < -0.4 is 10.3 Å². The zero-order valence-corrected chi connectivity index (χ0v) is 13.9. The molecule has 6 heteroatoms. The molecule has 0 saturated carbocycles. The Morgan fingerprint density at radius 2 is 1.72 bits per heavy atom. The van der Waals surface area contributed by atoms with Crippen LogP contribution in [-0.4, -0.2) is 10.3 Å². The van der Waals surface area contributed by atoms with Gasteiger partial charge in [-0.2, -0.15) is 0 Å². The normalized spacial score (nSPS) is 11.2. The van der Waals surface area contributed by atoms with Crippen molar-refractivity contribution < 1.29 is 9.20 Å². The molecule has 0 unspecified atom stereocenters. The Hall–Kier alpha value is -3.25. The fourth-order valence-corrected chi connectivity index (χ4v) is 3.15. The second kappa shape index (κ2) is 6.70. The highest BCUT2D eigenvalue weighted by Gasteiger charge is 2.27. The van der Waals surface area contributed by atoms with E-state index in [9.17, 15) is 4.79 Å². The molecule has 0 aliphatic rings. The Morgan fingerprint density at radius 3 is 2.48 bits per heavy atom. The largest absolute Gasteiger partial charge is 0.437 e. The quantitative estimate of drug-likeness (QED) is 0.574. The van der Waals surface area contributed by atoms with Crippen LogP contribution >= 0.6 is 11.3 Å². The third-order valence-electron chi connectivity index (χ3n) is 3.64. The van der Waals surface area contributed by atoms with Crippen LogP contribution in [0.25, 0.3) is 29.2 Å². The van der Waals surface area contributed by atoms with Crippen LogP contribution in [0.15, 0.2) is 75.4 Å². The summed E-state index contributed by atoms with van der Waals surface area (Å²) in [6, 6.07) is 19.5. The van der Waals surface area contributed by atoms with Crippen molar-refractivity contribution in [2.24, 2.45) is 0 Å². The maximum absolute atomic E-state index is 12.1. The Bertz CT molecular complexity index is 1060. The van der Waals surface area contributed by atoms with Crippen molar-refractivity contribution in [3.05, 3.63) is 87.0 Å². The minimum Gasteiger partial charge on any atom is -0.282 e. The van der Waals surface area contributed by atoms with Crippen molar-refractivity contribution in [2.45, 2.75) is 0 Å². The molecular weight excluding hydrogens is 334 g/mol. The predicted octanol–water partition coefficient (Wildman–Crippen LogP) is 3.54. The number of nitrogens with one attached hydrogen (secondary N) is 1. The second-order valence-corrected chi connectivity index (χ2v) is 6.21. The van der Waals surface area contributed by atoms with Gasteiger partial charge >= 0.3 is 11.3 Å². The van der Waals surface area contributed by atoms with E-state index in [-0.39, 0.29) is 0 Å². The van der Waals surface area contributed by atoms with Gasteiger partial charge in [-0.05, 0) is 21.6 Å². The lowest BCUT2D eigenvalue weighted by Gasteiger charge is -1.91. The topological polar surface area (TPSA) is 62.8 Å². The van der Waals surface area contributed by atoms with E-state index < -0.39 is 5.63 Å². The van der Waals surface area contributed by atoms with Crippen molar-refractivity contribution >= 4 is 23.5 Å². The van der Waals surface area contributed by atoms with E-state index in [1.807, 2.05) is 78.2 Å². The van der Waals surface area contributed by atoms with Gasteiger partial charge in [0.25, 0.3) is 0 Å². The van der Waals surface area contributed by atoms with Crippen molar-refractivity contribution in [1.82, 2.24) is 10.3 Å². The zero-order chi connectivity index (χ0) is 17.1. The average molecular weight is 348 g/mol. The lowest BCUT2D eigenvalue weighted by molar-refractivity contribution is -0.660. The Labute approximate surface area is 147 Å². The van der Waals surface area contributed by atoms with Crippen LogP contribution in [-0.2, 0) is 0 Å². The van der Waals surface area contributed by atoms with Crippen LogP contribution in [0.4, 0.5) is 0 Å². The number of aromatic nitrogens is 3. The van der Waals surface area contributed by atoms with Crippen LogP contribution in [0.5, 0.6) is 0 Å². The van der Waals surface area contributed by atoms with Crippen molar-refractivity contribution in [2.75, 3.05) is 0 Å². The molecule has 0 fully saturated rings. The van der Waals surface area contributed by atoms with E-state index in [1.165, 1.54) is 11.3 Å². The lowest BCUT2D eigenvalue weighted by Crippen LogP contribution is -2.36. The second-order valence-electron chi connectivity index (χ2n) is 5.32. The molecule has 0 radical (unpaired) electrons. The first-order valence-electron chi connectivity index (χ1n) is 7.69. The predicted molar refractivity (Wildman–Crippen MR) is 97.3 cm³/mol. The summed E-state index contributed by atoms with van der Waals surface area (Å²) in [7, 11) is 0. The van der Waals surface area contributed by atoms with Gasteiger partial charge in [0.2, 0.25) is 5.69 Å². The van der Waals surface area contributed by atoms with Crippen molar-refractivity contribution in [1.29, 1.82) is 0 Å². The number of para-hydroxylation sites is 1. The van der Waals surface area contributed by atoms with Gasteiger partial charge in [0.15, 0.2) is 5.69 Å². The minimum absolute atomic E-state index is 0.377. The Balaban J connectivity index is 1.68. The smallest absolute Gasteiger partial charge is 0.282 e. The van der Waals surface area contributed by atoms with E-state index in [0.717, 1.165) is 16.3 Å². The molecule has 0 aliphatic carbocycles. The van der Waals surface area contributed by atoms with Gasteiger partial charge in [-0.25, -0.2) is 9.78 Å². The van der Waals surface area contributed by atoms with E-state index >= 15 is 0 Å². The molecular formula is C19H14N3O2S+. The van der Waals surface area contributed by atoms with E-state index in [2.05, 4.69) is 10.3 Å². The summed E-state index contributed by atoms with van der Waals surface area (Å²) >= 11 is 1.47. The summed E-state index contributed by atoms with van der Waals surface area (Å²) in [4.78, 5) is 16.7. The maximum atomic E-state index is 12.1. The number of rotatable bonds is 4. The zero-order valence-electron chi connectivity index (χ0n) is 13.1. The van der Waals surface area contributed by atoms with Gasteiger partial charge < -0.3 is 0 Å². The molecule has 4 rings (SSSR count). The summed E-state index contributed by atoms with van der Waals surface area (Å²) in [5.74, 6) is 0. The van der Waals surface area contributed by atoms with Gasteiger partial charge in [-0.15, -0.1) is 11.3 Å².